The number of aryl methyl sites for hydroxylation is 2. The van der Waals surface area contributed by atoms with Crippen LogP contribution >= 0.6 is 0 Å². The topological polar surface area (TPSA) is 73.9 Å². The number of H-pyrrole nitrogens is 1. The molecule has 0 unspecified atom stereocenters. The number of carbonyl (C=O) groups excluding carboxylic acids is 1. The highest BCUT2D eigenvalue weighted by Crippen LogP contribution is 2.38. The molecule has 0 spiro atoms. The Kier molecular flexibility index (Phi) is 5.53. The van der Waals surface area contributed by atoms with Gasteiger partial charge in [0.1, 0.15) is 0 Å². The lowest BCUT2D eigenvalue weighted by Crippen LogP contribution is -2.33. The van der Waals surface area contributed by atoms with E-state index in [2.05, 4.69) is 51.6 Å². The van der Waals surface area contributed by atoms with E-state index in [9.17, 15) is 4.79 Å². The van der Waals surface area contributed by atoms with Gasteiger partial charge in [-0.15, -0.1) is 0 Å². The van der Waals surface area contributed by atoms with Gasteiger partial charge in [0.05, 0.1) is 22.4 Å². The molecule has 1 aliphatic heterocycles. The fourth-order valence-corrected chi connectivity index (χ4v) is 5.74. The van der Waals surface area contributed by atoms with Crippen LogP contribution in [0.1, 0.15) is 52.9 Å². The average Bonchev–Trinajstić information content (AvgIpc) is 3.53. The highest BCUT2D eigenvalue weighted by molar-refractivity contribution is 6.09. The van der Waals surface area contributed by atoms with E-state index < -0.39 is 0 Å². The summed E-state index contributed by atoms with van der Waals surface area (Å²) in [6.07, 6.45) is 7.05. The van der Waals surface area contributed by atoms with Gasteiger partial charge in [0.2, 0.25) is 0 Å². The SMILES string of the molecule is Cc1n[nH]c2ccc3nc(-c4ccc(C(=O)NCCN5CCCC5)cc4)c4c(c3c12)CCCC4. The van der Waals surface area contributed by atoms with E-state index in [4.69, 9.17) is 4.98 Å². The lowest BCUT2D eigenvalue weighted by molar-refractivity contribution is 0.0950. The second kappa shape index (κ2) is 8.84. The first-order valence-electron chi connectivity index (χ1n) is 12.6. The van der Waals surface area contributed by atoms with E-state index in [0.29, 0.717) is 12.1 Å². The Balaban J connectivity index is 1.31. The molecule has 6 rings (SSSR count). The number of benzene rings is 2. The summed E-state index contributed by atoms with van der Waals surface area (Å²) in [6.45, 7) is 6.00. The van der Waals surface area contributed by atoms with Crippen molar-refractivity contribution in [3.8, 4) is 11.3 Å². The van der Waals surface area contributed by atoms with Gasteiger partial charge in [-0.1, -0.05) is 12.1 Å². The van der Waals surface area contributed by atoms with E-state index in [1.54, 1.807) is 0 Å². The number of fused-ring (bicyclic) bond motifs is 5. The zero-order valence-corrected chi connectivity index (χ0v) is 19.8. The van der Waals surface area contributed by atoms with Crippen molar-refractivity contribution in [2.24, 2.45) is 0 Å². The van der Waals surface area contributed by atoms with Gasteiger partial charge < -0.3 is 10.2 Å². The molecule has 1 fully saturated rings. The van der Waals surface area contributed by atoms with Crippen molar-refractivity contribution in [2.45, 2.75) is 45.4 Å². The van der Waals surface area contributed by atoms with Gasteiger partial charge in [-0.25, -0.2) is 4.98 Å². The molecular weight excluding hydrogens is 422 g/mol. The van der Waals surface area contributed by atoms with E-state index >= 15 is 0 Å². The van der Waals surface area contributed by atoms with Gasteiger partial charge >= 0.3 is 0 Å². The molecule has 6 heteroatoms. The van der Waals surface area contributed by atoms with E-state index in [1.165, 1.54) is 47.6 Å². The Hall–Kier alpha value is -3.25. The number of aromatic amines is 1. The molecule has 0 radical (unpaired) electrons. The fraction of sp³-hybridized carbons (Fsp3) is 0.393. The number of nitrogens with zero attached hydrogens (tertiary/aromatic N) is 3. The van der Waals surface area contributed by atoms with Crippen molar-refractivity contribution in [3.05, 3.63) is 58.8 Å². The maximum atomic E-state index is 12.7. The van der Waals surface area contributed by atoms with Crippen LogP contribution in [0.5, 0.6) is 0 Å². The van der Waals surface area contributed by atoms with Crippen LogP contribution in [-0.2, 0) is 12.8 Å². The van der Waals surface area contributed by atoms with Crippen LogP contribution in [0, 0.1) is 6.92 Å². The van der Waals surface area contributed by atoms with Crippen LogP contribution < -0.4 is 5.32 Å². The van der Waals surface area contributed by atoms with Crippen LogP contribution in [0.2, 0.25) is 0 Å². The fourth-order valence-electron chi connectivity index (χ4n) is 5.74. The Morgan fingerprint density at radius 1 is 0.971 bits per heavy atom. The minimum Gasteiger partial charge on any atom is -0.351 e. The third-order valence-corrected chi connectivity index (χ3v) is 7.51. The maximum Gasteiger partial charge on any atom is 0.251 e. The molecule has 0 atom stereocenters. The number of likely N-dealkylation sites (tertiary alicyclic amines) is 1. The number of aromatic nitrogens is 3. The lowest BCUT2D eigenvalue weighted by Gasteiger charge is -2.22. The van der Waals surface area contributed by atoms with Crippen LogP contribution in [0.15, 0.2) is 36.4 Å². The number of hydrogen-bond donors (Lipinski definition) is 2. The van der Waals surface area contributed by atoms with E-state index in [1.807, 2.05) is 12.1 Å². The number of carbonyl (C=O) groups is 1. The predicted molar refractivity (Wildman–Crippen MR) is 136 cm³/mol. The molecule has 3 heterocycles. The molecule has 0 bridgehead atoms. The van der Waals surface area contributed by atoms with Crippen LogP contribution in [0.25, 0.3) is 33.1 Å². The van der Waals surface area contributed by atoms with Crippen molar-refractivity contribution >= 4 is 27.7 Å². The molecule has 2 N–H and O–H groups in total. The Morgan fingerprint density at radius 3 is 2.53 bits per heavy atom. The Labute approximate surface area is 199 Å². The molecule has 2 aromatic heterocycles. The summed E-state index contributed by atoms with van der Waals surface area (Å²) in [6, 6.07) is 12.2. The monoisotopic (exact) mass is 453 g/mol. The molecule has 1 saturated heterocycles. The molecule has 1 aliphatic carbocycles. The highest BCUT2D eigenvalue weighted by Gasteiger charge is 2.22. The largest absolute Gasteiger partial charge is 0.351 e. The lowest BCUT2D eigenvalue weighted by atomic mass is 9.85. The smallest absolute Gasteiger partial charge is 0.251 e. The summed E-state index contributed by atoms with van der Waals surface area (Å²) in [5, 5.41) is 13.2. The van der Waals surface area contributed by atoms with Gasteiger partial charge in [-0.3, -0.25) is 9.89 Å². The summed E-state index contributed by atoms with van der Waals surface area (Å²) in [5.74, 6) is -0.00271. The molecule has 0 saturated carbocycles. The molecule has 34 heavy (non-hydrogen) atoms. The number of nitrogens with one attached hydrogen (secondary N) is 2. The second-order valence-corrected chi connectivity index (χ2v) is 9.70. The van der Waals surface area contributed by atoms with Gasteiger partial charge in [0.25, 0.3) is 5.91 Å². The molecule has 4 aromatic rings. The maximum absolute atomic E-state index is 12.7. The zero-order valence-electron chi connectivity index (χ0n) is 19.8. The van der Waals surface area contributed by atoms with Crippen LogP contribution in [0.4, 0.5) is 0 Å². The Morgan fingerprint density at radius 2 is 1.74 bits per heavy atom. The minimum absolute atomic E-state index is 0.00271. The van der Waals surface area contributed by atoms with Crippen LogP contribution in [-0.4, -0.2) is 52.2 Å². The number of pyridine rings is 1. The van der Waals surface area contributed by atoms with Gasteiger partial charge in [-0.2, -0.15) is 5.10 Å². The van der Waals surface area contributed by atoms with Gasteiger partial charge in [-0.05, 0) is 93.9 Å². The average molecular weight is 454 g/mol. The molecule has 1 amide bonds. The van der Waals surface area contributed by atoms with E-state index in [-0.39, 0.29) is 5.91 Å². The number of hydrogen-bond acceptors (Lipinski definition) is 4. The predicted octanol–water partition coefficient (Wildman–Crippen LogP) is 4.79. The van der Waals surface area contributed by atoms with Crippen molar-refractivity contribution in [3.63, 3.8) is 0 Å². The van der Waals surface area contributed by atoms with Crippen molar-refractivity contribution in [2.75, 3.05) is 26.2 Å². The van der Waals surface area contributed by atoms with Gasteiger partial charge in [0.15, 0.2) is 0 Å². The standard InChI is InChI=1S/C28H31N5O/c1-18-25-24(32-31-18)13-12-23-26(25)21-6-2-3-7-22(21)27(30-23)19-8-10-20(11-9-19)28(34)29-14-17-33-15-4-5-16-33/h8-13H,2-7,14-17H2,1H3,(H,29,34)(H,31,32). The molecule has 6 nitrogen and oxygen atoms in total. The number of rotatable bonds is 5. The molecule has 2 aromatic carbocycles. The van der Waals surface area contributed by atoms with Crippen molar-refractivity contribution in [1.82, 2.24) is 25.4 Å². The summed E-state index contributed by atoms with van der Waals surface area (Å²) in [5.41, 5.74) is 8.75. The third-order valence-electron chi connectivity index (χ3n) is 7.51. The first kappa shape index (κ1) is 21.3. The third kappa shape index (κ3) is 3.76. The second-order valence-electron chi connectivity index (χ2n) is 9.70. The molecule has 174 valence electrons. The molecular formula is C28H31N5O. The summed E-state index contributed by atoms with van der Waals surface area (Å²) < 4.78 is 0. The Bertz CT molecular complexity index is 1370. The number of amides is 1. The zero-order chi connectivity index (χ0) is 23.1. The first-order chi connectivity index (χ1) is 16.7. The first-order valence-corrected chi connectivity index (χ1v) is 12.6. The van der Waals surface area contributed by atoms with Crippen molar-refractivity contribution in [1.29, 1.82) is 0 Å². The van der Waals surface area contributed by atoms with Crippen LogP contribution in [0.3, 0.4) is 0 Å². The summed E-state index contributed by atoms with van der Waals surface area (Å²) >= 11 is 0. The minimum atomic E-state index is -0.00271. The van der Waals surface area contributed by atoms with Crippen molar-refractivity contribution < 1.29 is 4.79 Å². The summed E-state index contributed by atoms with van der Waals surface area (Å²) in [4.78, 5) is 20.2. The van der Waals surface area contributed by atoms with Gasteiger partial charge in [0, 0.05) is 35.0 Å². The highest BCUT2D eigenvalue weighted by atomic mass is 16.1. The van der Waals surface area contributed by atoms with E-state index in [0.717, 1.165) is 60.5 Å². The normalized spacial score (nSPS) is 16.3. The quantitative estimate of drug-likeness (QED) is 0.456. The summed E-state index contributed by atoms with van der Waals surface area (Å²) in [7, 11) is 0. The molecule has 2 aliphatic rings.